The van der Waals surface area contributed by atoms with Gasteiger partial charge in [0.2, 0.25) is 0 Å². The van der Waals surface area contributed by atoms with Gasteiger partial charge in [0.25, 0.3) is 0 Å². The number of Topliss-reactive ketones (excluding diaryl/α,β-unsaturated/α-hetero) is 1. The Bertz CT molecular complexity index is 300. The molecule has 0 aromatic heterocycles. The maximum absolute atomic E-state index is 12.3. The Labute approximate surface area is 105 Å². The van der Waals surface area contributed by atoms with Crippen LogP contribution in [0.3, 0.4) is 0 Å². The van der Waals surface area contributed by atoms with E-state index in [1.165, 1.54) is 0 Å². The van der Waals surface area contributed by atoms with E-state index in [0.29, 0.717) is 6.54 Å². The monoisotopic (exact) mass is 241 g/mol. The molecule has 1 unspecified atom stereocenters. The van der Waals surface area contributed by atoms with Crippen molar-refractivity contribution >= 4 is 5.78 Å². The van der Waals surface area contributed by atoms with E-state index < -0.39 is 0 Å². The summed E-state index contributed by atoms with van der Waals surface area (Å²) < 4.78 is 5.95. The summed E-state index contributed by atoms with van der Waals surface area (Å²) in [7, 11) is 0. The van der Waals surface area contributed by atoms with Crippen LogP contribution in [0.1, 0.15) is 54.9 Å². The van der Waals surface area contributed by atoms with Crippen molar-refractivity contribution in [3.63, 3.8) is 0 Å². The van der Waals surface area contributed by atoms with Gasteiger partial charge in [-0.05, 0) is 54.9 Å². The summed E-state index contributed by atoms with van der Waals surface area (Å²) in [6.07, 6.45) is 0.810. The van der Waals surface area contributed by atoms with Gasteiger partial charge < -0.3 is 10.1 Å². The van der Waals surface area contributed by atoms with E-state index in [2.05, 4.69) is 39.9 Å². The van der Waals surface area contributed by atoms with Crippen LogP contribution in [0.4, 0.5) is 0 Å². The molecule has 1 rings (SSSR count). The van der Waals surface area contributed by atoms with Crippen LogP contribution in [-0.4, -0.2) is 29.1 Å². The fourth-order valence-corrected chi connectivity index (χ4v) is 2.54. The molecule has 1 N–H and O–H groups in total. The fraction of sp³-hybridized carbons (Fsp3) is 0.929. The minimum Gasteiger partial charge on any atom is -0.369 e. The third-order valence-electron chi connectivity index (χ3n) is 3.26. The van der Waals surface area contributed by atoms with Gasteiger partial charge in [-0.1, -0.05) is 0 Å². The van der Waals surface area contributed by atoms with Crippen LogP contribution < -0.4 is 5.32 Å². The number of ketones is 1. The van der Waals surface area contributed by atoms with Crippen LogP contribution in [0.25, 0.3) is 0 Å². The Kier molecular flexibility index (Phi) is 3.76. The van der Waals surface area contributed by atoms with Gasteiger partial charge in [0.05, 0.1) is 23.7 Å². The van der Waals surface area contributed by atoms with Gasteiger partial charge in [0.15, 0.2) is 5.78 Å². The highest BCUT2D eigenvalue weighted by molar-refractivity contribution is 5.84. The first-order valence-corrected chi connectivity index (χ1v) is 6.41. The number of rotatable bonds is 3. The highest BCUT2D eigenvalue weighted by Crippen LogP contribution is 2.42. The molecule has 0 spiro atoms. The first-order chi connectivity index (χ1) is 7.43. The molecule has 0 bridgehead atoms. The highest BCUT2D eigenvalue weighted by atomic mass is 16.5. The van der Waals surface area contributed by atoms with Gasteiger partial charge in [0.1, 0.15) is 0 Å². The van der Waals surface area contributed by atoms with Crippen molar-refractivity contribution in [2.24, 2.45) is 5.92 Å². The van der Waals surface area contributed by atoms with Crippen molar-refractivity contribution < 1.29 is 9.53 Å². The van der Waals surface area contributed by atoms with Gasteiger partial charge in [-0.15, -0.1) is 0 Å². The topological polar surface area (TPSA) is 38.3 Å². The molecule has 0 radical (unpaired) electrons. The molecule has 100 valence electrons. The second-order valence-electron chi connectivity index (χ2n) is 7.29. The SMILES string of the molecule is CC(C)(C)NCC(=O)C1CC(C)(C)OC1(C)C. The van der Waals surface area contributed by atoms with E-state index in [0.717, 1.165) is 6.42 Å². The van der Waals surface area contributed by atoms with Crippen LogP contribution in [-0.2, 0) is 9.53 Å². The number of carbonyl (C=O) groups is 1. The molecule has 0 aromatic rings. The molecule has 0 aliphatic carbocycles. The van der Waals surface area contributed by atoms with Gasteiger partial charge in [-0.25, -0.2) is 0 Å². The molecule has 1 fully saturated rings. The predicted molar refractivity (Wildman–Crippen MR) is 70.1 cm³/mol. The maximum Gasteiger partial charge on any atom is 0.152 e. The largest absolute Gasteiger partial charge is 0.369 e. The Morgan fingerprint density at radius 3 is 2.18 bits per heavy atom. The molecule has 1 atom stereocenters. The van der Waals surface area contributed by atoms with Gasteiger partial charge in [-0.2, -0.15) is 0 Å². The minimum atomic E-state index is -0.347. The van der Waals surface area contributed by atoms with Gasteiger partial charge in [-0.3, -0.25) is 4.79 Å². The van der Waals surface area contributed by atoms with Crippen LogP contribution >= 0.6 is 0 Å². The zero-order valence-electron chi connectivity index (χ0n) is 12.3. The Morgan fingerprint density at radius 2 is 1.82 bits per heavy atom. The summed E-state index contributed by atoms with van der Waals surface area (Å²) in [5.74, 6) is 0.253. The summed E-state index contributed by atoms with van der Waals surface area (Å²) in [5, 5.41) is 3.26. The molecule has 3 heteroatoms. The summed E-state index contributed by atoms with van der Waals surface area (Å²) >= 11 is 0. The summed E-state index contributed by atoms with van der Waals surface area (Å²) in [4.78, 5) is 12.3. The predicted octanol–water partition coefficient (Wildman–Crippen LogP) is 2.54. The van der Waals surface area contributed by atoms with Gasteiger partial charge >= 0.3 is 0 Å². The van der Waals surface area contributed by atoms with Crippen LogP contribution in [0, 0.1) is 5.92 Å². The smallest absolute Gasteiger partial charge is 0.152 e. The number of hydrogen-bond acceptors (Lipinski definition) is 3. The lowest BCUT2D eigenvalue weighted by atomic mass is 9.84. The van der Waals surface area contributed by atoms with Gasteiger partial charge in [0, 0.05) is 5.54 Å². The molecular formula is C14H27NO2. The summed E-state index contributed by atoms with van der Waals surface area (Å²) in [6.45, 7) is 14.8. The Morgan fingerprint density at radius 1 is 1.29 bits per heavy atom. The van der Waals surface area contributed by atoms with Crippen molar-refractivity contribution in [1.82, 2.24) is 5.32 Å². The molecule has 0 saturated carbocycles. The van der Waals surface area contributed by atoms with Crippen LogP contribution in [0.5, 0.6) is 0 Å². The molecule has 3 nitrogen and oxygen atoms in total. The number of hydrogen-bond donors (Lipinski definition) is 1. The summed E-state index contributed by atoms with van der Waals surface area (Å²) in [5.41, 5.74) is -0.555. The van der Waals surface area contributed by atoms with E-state index in [4.69, 9.17) is 4.74 Å². The molecule has 1 saturated heterocycles. The lowest BCUT2D eigenvalue weighted by Crippen LogP contribution is -2.44. The van der Waals surface area contributed by atoms with Crippen LogP contribution in [0.2, 0.25) is 0 Å². The highest BCUT2D eigenvalue weighted by Gasteiger charge is 2.48. The van der Waals surface area contributed by atoms with E-state index in [-0.39, 0.29) is 28.4 Å². The molecule has 17 heavy (non-hydrogen) atoms. The van der Waals surface area contributed by atoms with Crippen molar-refractivity contribution in [2.45, 2.75) is 71.6 Å². The second kappa shape index (κ2) is 4.36. The molecular weight excluding hydrogens is 214 g/mol. The van der Waals surface area contributed by atoms with E-state index in [1.807, 2.05) is 13.8 Å². The molecule has 0 amide bonds. The first-order valence-electron chi connectivity index (χ1n) is 6.41. The average Bonchev–Trinajstić information content (AvgIpc) is 2.29. The maximum atomic E-state index is 12.3. The standard InChI is InChI=1S/C14H27NO2/c1-12(2,3)15-9-11(16)10-8-13(4,5)17-14(10,6)7/h10,15H,8-9H2,1-7H3. The first kappa shape index (κ1) is 14.7. The lowest BCUT2D eigenvalue weighted by Gasteiger charge is -2.27. The Hall–Kier alpha value is -0.410. The second-order valence-corrected chi connectivity index (χ2v) is 7.29. The zero-order valence-corrected chi connectivity index (χ0v) is 12.3. The Balaban J connectivity index is 2.64. The third kappa shape index (κ3) is 4.07. The van der Waals surface area contributed by atoms with E-state index >= 15 is 0 Å². The normalized spacial score (nSPS) is 27.1. The number of carbonyl (C=O) groups excluding carboxylic acids is 1. The number of nitrogens with one attached hydrogen (secondary N) is 1. The quantitative estimate of drug-likeness (QED) is 0.825. The fourth-order valence-electron chi connectivity index (χ4n) is 2.54. The van der Waals surface area contributed by atoms with E-state index in [9.17, 15) is 4.79 Å². The zero-order chi connectivity index (χ0) is 13.5. The summed E-state index contributed by atoms with van der Waals surface area (Å²) in [6, 6.07) is 0. The van der Waals surface area contributed by atoms with E-state index in [1.54, 1.807) is 0 Å². The van der Waals surface area contributed by atoms with Crippen molar-refractivity contribution in [1.29, 1.82) is 0 Å². The number of ether oxygens (including phenoxy) is 1. The molecule has 1 aliphatic rings. The minimum absolute atomic E-state index is 0.00708. The third-order valence-corrected chi connectivity index (χ3v) is 3.26. The lowest BCUT2D eigenvalue weighted by molar-refractivity contribution is -0.128. The molecule has 0 aromatic carbocycles. The average molecular weight is 241 g/mol. The van der Waals surface area contributed by atoms with Crippen LogP contribution in [0.15, 0.2) is 0 Å². The van der Waals surface area contributed by atoms with Crippen molar-refractivity contribution in [3.8, 4) is 0 Å². The molecule has 1 heterocycles. The van der Waals surface area contributed by atoms with Crippen molar-refractivity contribution in [3.05, 3.63) is 0 Å². The van der Waals surface area contributed by atoms with Crippen molar-refractivity contribution in [2.75, 3.05) is 6.54 Å². The molecule has 1 aliphatic heterocycles.